The number of benzene rings is 1. The molecule has 0 saturated carbocycles. The van der Waals surface area contributed by atoms with Gasteiger partial charge in [0.25, 0.3) is 0 Å². The number of hydrogen-bond donors (Lipinski definition) is 3. The number of fused-ring (bicyclic) bond motifs is 1. The fourth-order valence-electron chi connectivity index (χ4n) is 2.55. The van der Waals surface area contributed by atoms with E-state index < -0.39 is 0 Å². The number of halogens is 1. The molecule has 0 aromatic heterocycles. The van der Waals surface area contributed by atoms with Gasteiger partial charge in [0.2, 0.25) is 5.91 Å². The molecule has 3 rings (SSSR count). The van der Waals surface area contributed by atoms with Gasteiger partial charge in [-0.3, -0.25) is 9.79 Å². The lowest BCUT2D eigenvalue weighted by molar-refractivity contribution is -0.117. The first-order chi connectivity index (χ1) is 9.34. The van der Waals surface area contributed by atoms with E-state index in [1.807, 2.05) is 24.3 Å². The summed E-state index contributed by atoms with van der Waals surface area (Å²) in [7, 11) is 0. The van der Waals surface area contributed by atoms with Crippen LogP contribution < -0.4 is 16.0 Å². The lowest BCUT2D eigenvalue weighted by Crippen LogP contribution is -2.41. The average Bonchev–Trinajstić information content (AvgIpc) is 2.76. The van der Waals surface area contributed by atoms with E-state index in [4.69, 9.17) is 0 Å². The summed E-state index contributed by atoms with van der Waals surface area (Å²) in [6.07, 6.45) is 1.87. The van der Waals surface area contributed by atoms with Gasteiger partial charge >= 0.3 is 0 Å². The van der Waals surface area contributed by atoms with E-state index >= 15 is 0 Å². The van der Waals surface area contributed by atoms with Crippen molar-refractivity contribution < 1.29 is 4.79 Å². The zero-order chi connectivity index (χ0) is 13.1. The predicted molar refractivity (Wildman–Crippen MR) is 90.8 cm³/mol. The molecular formula is C14H19IN4O. The summed E-state index contributed by atoms with van der Waals surface area (Å²) in [5, 5.41) is 9.40. The van der Waals surface area contributed by atoms with Gasteiger partial charge in [-0.15, -0.1) is 24.0 Å². The standard InChI is InChI=1S/C14H18N4O.HI/c19-13-11(10-4-1-2-5-12(10)18-13)6-9-17-14-15-7-3-8-16-14;/h1-2,4-5,11H,3,6-9H2,(H,18,19)(H2,15,16,17);1H. The fourth-order valence-corrected chi connectivity index (χ4v) is 2.55. The second-order valence-corrected chi connectivity index (χ2v) is 4.86. The number of nitrogens with zero attached hydrogens (tertiary/aromatic N) is 1. The zero-order valence-electron chi connectivity index (χ0n) is 11.2. The van der Waals surface area contributed by atoms with Crippen LogP contribution in [0.4, 0.5) is 5.69 Å². The normalized spacial score (nSPS) is 20.1. The first-order valence-electron chi connectivity index (χ1n) is 6.76. The fraction of sp³-hybridized carbons (Fsp3) is 0.429. The van der Waals surface area contributed by atoms with Crippen LogP contribution in [0.1, 0.15) is 24.3 Å². The molecule has 0 radical (unpaired) electrons. The Hall–Kier alpha value is -1.31. The Bertz CT molecular complexity index is 518. The van der Waals surface area contributed by atoms with Crippen molar-refractivity contribution in [2.45, 2.75) is 18.8 Å². The lowest BCUT2D eigenvalue weighted by Gasteiger charge is -2.17. The summed E-state index contributed by atoms with van der Waals surface area (Å²) >= 11 is 0. The van der Waals surface area contributed by atoms with Crippen LogP contribution >= 0.6 is 24.0 Å². The first-order valence-corrected chi connectivity index (χ1v) is 6.76. The van der Waals surface area contributed by atoms with Gasteiger partial charge in [-0.1, -0.05) is 18.2 Å². The SMILES string of the molecule is I.O=C1Nc2ccccc2C1CCNC1=NCCCN1. The molecule has 1 unspecified atom stereocenters. The summed E-state index contributed by atoms with van der Waals surface area (Å²) in [6.45, 7) is 2.60. The average molecular weight is 386 g/mol. The third-order valence-electron chi connectivity index (χ3n) is 3.53. The highest BCUT2D eigenvalue weighted by Crippen LogP contribution is 2.33. The second kappa shape index (κ2) is 6.92. The maximum absolute atomic E-state index is 11.9. The number of carbonyl (C=O) groups is 1. The summed E-state index contributed by atoms with van der Waals surface area (Å²) < 4.78 is 0. The molecule has 2 heterocycles. The van der Waals surface area contributed by atoms with Crippen molar-refractivity contribution in [3.05, 3.63) is 29.8 Å². The Morgan fingerprint density at radius 1 is 1.35 bits per heavy atom. The van der Waals surface area contributed by atoms with Gasteiger partial charge in [-0.25, -0.2) is 0 Å². The Labute approximate surface area is 135 Å². The van der Waals surface area contributed by atoms with Gasteiger partial charge in [0.05, 0.1) is 5.92 Å². The number of hydrogen-bond acceptors (Lipinski definition) is 4. The molecule has 5 nitrogen and oxygen atoms in total. The van der Waals surface area contributed by atoms with Gasteiger partial charge in [0.15, 0.2) is 5.96 Å². The number of para-hydroxylation sites is 1. The molecule has 2 aliphatic heterocycles. The Balaban J connectivity index is 0.00000147. The van der Waals surface area contributed by atoms with Gasteiger partial charge in [-0.05, 0) is 24.5 Å². The molecule has 0 spiro atoms. The molecule has 0 bridgehead atoms. The Morgan fingerprint density at radius 2 is 2.20 bits per heavy atom. The van der Waals surface area contributed by atoms with Crippen molar-refractivity contribution in [1.29, 1.82) is 0 Å². The molecule has 1 aromatic carbocycles. The summed E-state index contributed by atoms with van der Waals surface area (Å²) in [5.74, 6) is 0.910. The highest BCUT2D eigenvalue weighted by atomic mass is 127. The van der Waals surface area contributed by atoms with Crippen LogP contribution in [0, 0.1) is 0 Å². The molecule has 3 N–H and O–H groups in total. The zero-order valence-corrected chi connectivity index (χ0v) is 13.5. The maximum Gasteiger partial charge on any atom is 0.232 e. The van der Waals surface area contributed by atoms with Crippen LogP contribution in [-0.4, -0.2) is 31.5 Å². The van der Waals surface area contributed by atoms with E-state index in [9.17, 15) is 4.79 Å². The van der Waals surface area contributed by atoms with Crippen LogP contribution in [0.25, 0.3) is 0 Å². The number of nitrogens with one attached hydrogen (secondary N) is 3. The van der Waals surface area contributed by atoms with E-state index in [0.717, 1.165) is 49.7 Å². The number of rotatable bonds is 3. The van der Waals surface area contributed by atoms with Crippen LogP contribution in [-0.2, 0) is 4.79 Å². The number of amides is 1. The second-order valence-electron chi connectivity index (χ2n) is 4.86. The molecule has 1 aromatic rings. The first kappa shape index (κ1) is 15.1. The highest BCUT2D eigenvalue weighted by molar-refractivity contribution is 14.0. The largest absolute Gasteiger partial charge is 0.356 e. The molecule has 1 atom stereocenters. The lowest BCUT2D eigenvalue weighted by atomic mass is 9.97. The van der Waals surface area contributed by atoms with Gasteiger partial charge in [0.1, 0.15) is 0 Å². The smallest absolute Gasteiger partial charge is 0.232 e. The summed E-state index contributed by atoms with van der Waals surface area (Å²) in [5.41, 5.74) is 2.05. The predicted octanol–water partition coefficient (Wildman–Crippen LogP) is 1.67. The molecule has 2 aliphatic rings. The third kappa shape index (κ3) is 3.23. The Morgan fingerprint density at radius 3 is 3.00 bits per heavy atom. The van der Waals surface area contributed by atoms with E-state index in [1.54, 1.807) is 0 Å². The minimum atomic E-state index is -0.0482. The number of guanidine groups is 1. The third-order valence-corrected chi connectivity index (χ3v) is 3.53. The van der Waals surface area contributed by atoms with Crippen LogP contribution in [0.15, 0.2) is 29.3 Å². The molecule has 20 heavy (non-hydrogen) atoms. The molecule has 0 saturated heterocycles. The van der Waals surface area contributed by atoms with Crippen molar-refractivity contribution in [1.82, 2.24) is 10.6 Å². The van der Waals surface area contributed by atoms with Crippen LogP contribution in [0.5, 0.6) is 0 Å². The van der Waals surface area contributed by atoms with Crippen LogP contribution in [0.3, 0.4) is 0 Å². The molecular weight excluding hydrogens is 367 g/mol. The highest BCUT2D eigenvalue weighted by Gasteiger charge is 2.29. The molecule has 1 amide bonds. The summed E-state index contributed by atoms with van der Waals surface area (Å²) in [4.78, 5) is 16.3. The molecule has 0 aliphatic carbocycles. The number of carbonyl (C=O) groups excluding carboxylic acids is 1. The van der Waals surface area contributed by atoms with E-state index in [0.29, 0.717) is 0 Å². The van der Waals surface area contributed by atoms with Crippen molar-refractivity contribution in [3.8, 4) is 0 Å². The number of anilines is 1. The minimum Gasteiger partial charge on any atom is -0.356 e. The minimum absolute atomic E-state index is 0. The Kier molecular flexibility index (Phi) is 5.22. The molecule has 0 fully saturated rings. The van der Waals surface area contributed by atoms with E-state index in [2.05, 4.69) is 20.9 Å². The quantitative estimate of drug-likeness (QED) is 0.693. The topological polar surface area (TPSA) is 65.5 Å². The number of aliphatic imine (C=N–C) groups is 1. The monoisotopic (exact) mass is 386 g/mol. The van der Waals surface area contributed by atoms with Crippen molar-refractivity contribution in [2.24, 2.45) is 4.99 Å². The van der Waals surface area contributed by atoms with Gasteiger partial charge < -0.3 is 16.0 Å². The van der Waals surface area contributed by atoms with Crippen molar-refractivity contribution in [2.75, 3.05) is 25.0 Å². The molecule has 108 valence electrons. The van der Waals surface area contributed by atoms with E-state index in [1.165, 1.54) is 0 Å². The summed E-state index contributed by atoms with van der Waals surface area (Å²) in [6, 6.07) is 7.90. The molecule has 6 heteroatoms. The van der Waals surface area contributed by atoms with Crippen molar-refractivity contribution >= 4 is 41.5 Å². The van der Waals surface area contributed by atoms with Crippen LogP contribution in [0.2, 0.25) is 0 Å². The van der Waals surface area contributed by atoms with Gasteiger partial charge in [-0.2, -0.15) is 0 Å². The van der Waals surface area contributed by atoms with Gasteiger partial charge in [0, 0.05) is 25.3 Å². The van der Waals surface area contributed by atoms with Crippen molar-refractivity contribution in [3.63, 3.8) is 0 Å². The van der Waals surface area contributed by atoms with E-state index in [-0.39, 0.29) is 35.8 Å². The maximum atomic E-state index is 11.9.